The van der Waals surface area contributed by atoms with E-state index in [1.54, 1.807) is 23.1 Å². The number of aryl methyl sites for hydroxylation is 1. The summed E-state index contributed by atoms with van der Waals surface area (Å²) in [6.07, 6.45) is 2.12. The molecule has 1 amide bonds. The van der Waals surface area contributed by atoms with Crippen molar-refractivity contribution in [1.82, 2.24) is 25.1 Å². The minimum atomic E-state index is -0.185. The first-order chi connectivity index (χ1) is 10.2. The summed E-state index contributed by atoms with van der Waals surface area (Å²) in [5.41, 5.74) is 0. The van der Waals surface area contributed by atoms with Crippen molar-refractivity contribution in [3.05, 3.63) is 22.4 Å². The highest BCUT2D eigenvalue weighted by Crippen LogP contribution is 2.36. The lowest BCUT2D eigenvalue weighted by Crippen LogP contribution is -2.36. The van der Waals surface area contributed by atoms with Crippen LogP contribution in [0.2, 0.25) is 0 Å². The first-order valence-electron chi connectivity index (χ1n) is 6.89. The van der Waals surface area contributed by atoms with Crippen molar-refractivity contribution in [2.24, 2.45) is 7.05 Å². The Morgan fingerprint density at radius 1 is 1.57 bits per heavy atom. The van der Waals surface area contributed by atoms with Crippen LogP contribution in [0.15, 0.2) is 22.7 Å². The molecule has 21 heavy (non-hydrogen) atoms. The molecule has 0 unspecified atom stereocenters. The zero-order chi connectivity index (χ0) is 14.8. The molecular weight excluding hydrogens is 306 g/mol. The molecule has 3 rings (SSSR count). The van der Waals surface area contributed by atoms with E-state index in [0.29, 0.717) is 5.16 Å². The average Bonchev–Trinajstić information content (AvgIpc) is 3.18. The second kappa shape index (κ2) is 6.15. The van der Waals surface area contributed by atoms with Crippen LogP contribution in [-0.4, -0.2) is 42.8 Å². The van der Waals surface area contributed by atoms with Crippen molar-refractivity contribution in [2.75, 3.05) is 6.54 Å². The first-order valence-corrected chi connectivity index (χ1v) is 8.65. The number of thiophene rings is 1. The SMILES string of the molecule is C[C@@H](Sc1nnnn1C)C(=O)N1CCC[C@H]1c1cccs1. The molecule has 1 fully saturated rings. The van der Waals surface area contributed by atoms with Crippen molar-refractivity contribution in [3.8, 4) is 0 Å². The molecule has 0 aliphatic carbocycles. The van der Waals surface area contributed by atoms with Crippen LogP contribution in [0.25, 0.3) is 0 Å². The fourth-order valence-corrected chi connectivity index (χ4v) is 4.27. The van der Waals surface area contributed by atoms with Gasteiger partial charge in [-0.25, -0.2) is 4.68 Å². The Morgan fingerprint density at radius 3 is 3.10 bits per heavy atom. The molecule has 1 aliphatic rings. The number of rotatable bonds is 4. The summed E-state index contributed by atoms with van der Waals surface area (Å²) in [6.45, 7) is 2.76. The zero-order valence-corrected chi connectivity index (χ0v) is 13.6. The molecule has 2 aromatic heterocycles. The predicted octanol–water partition coefficient (Wildman–Crippen LogP) is 2.12. The second-order valence-corrected chi connectivity index (χ2v) is 7.34. The number of tetrazole rings is 1. The molecule has 3 heterocycles. The minimum absolute atomic E-state index is 0.166. The molecule has 0 radical (unpaired) electrons. The predicted molar refractivity (Wildman–Crippen MR) is 82.1 cm³/mol. The van der Waals surface area contributed by atoms with Crippen molar-refractivity contribution in [3.63, 3.8) is 0 Å². The summed E-state index contributed by atoms with van der Waals surface area (Å²) >= 11 is 3.13. The van der Waals surface area contributed by atoms with Gasteiger partial charge in [-0.3, -0.25) is 4.79 Å². The Labute approximate surface area is 131 Å². The van der Waals surface area contributed by atoms with Gasteiger partial charge in [-0.2, -0.15) is 0 Å². The largest absolute Gasteiger partial charge is 0.334 e. The molecule has 0 saturated carbocycles. The smallest absolute Gasteiger partial charge is 0.236 e. The Hall–Kier alpha value is -1.41. The van der Waals surface area contributed by atoms with Gasteiger partial charge in [0, 0.05) is 18.5 Å². The third-order valence-electron chi connectivity index (χ3n) is 3.62. The Balaban J connectivity index is 1.70. The van der Waals surface area contributed by atoms with Crippen LogP contribution in [0, 0.1) is 0 Å². The van der Waals surface area contributed by atoms with Gasteiger partial charge < -0.3 is 4.90 Å². The van der Waals surface area contributed by atoms with Gasteiger partial charge in [-0.15, -0.1) is 16.4 Å². The second-order valence-electron chi connectivity index (χ2n) is 5.05. The maximum atomic E-state index is 12.7. The van der Waals surface area contributed by atoms with E-state index in [0.717, 1.165) is 19.4 Å². The van der Waals surface area contributed by atoms with E-state index in [2.05, 4.69) is 27.0 Å². The van der Waals surface area contributed by atoms with Crippen LogP contribution in [0.1, 0.15) is 30.7 Å². The average molecular weight is 323 g/mol. The van der Waals surface area contributed by atoms with Crippen LogP contribution < -0.4 is 0 Å². The van der Waals surface area contributed by atoms with Gasteiger partial charge in [-0.05, 0) is 41.6 Å². The van der Waals surface area contributed by atoms with E-state index in [1.165, 1.54) is 16.6 Å². The monoisotopic (exact) mass is 323 g/mol. The third kappa shape index (κ3) is 2.96. The van der Waals surface area contributed by atoms with Gasteiger partial charge in [0.2, 0.25) is 11.1 Å². The highest BCUT2D eigenvalue weighted by molar-refractivity contribution is 8.00. The lowest BCUT2D eigenvalue weighted by atomic mass is 10.2. The topological polar surface area (TPSA) is 63.9 Å². The van der Waals surface area contributed by atoms with Gasteiger partial charge in [0.15, 0.2) is 0 Å². The Kier molecular flexibility index (Phi) is 4.25. The van der Waals surface area contributed by atoms with E-state index in [-0.39, 0.29) is 17.2 Å². The number of aromatic nitrogens is 4. The van der Waals surface area contributed by atoms with E-state index in [9.17, 15) is 4.79 Å². The molecule has 2 atom stereocenters. The summed E-state index contributed by atoms with van der Waals surface area (Å²) < 4.78 is 1.59. The lowest BCUT2D eigenvalue weighted by molar-refractivity contribution is -0.131. The highest BCUT2D eigenvalue weighted by atomic mass is 32.2. The minimum Gasteiger partial charge on any atom is -0.334 e. The summed E-state index contributed by atoms with van der Waals surface area (Å²) in [5, 5.41) is 13.9. The van der Waals surface area contributed by atoms with Gasteiger partial charge in [0.05, 0.1) is 11.3 Å². The molecule has 6 nitrogen and oxygen atoms in total. The lowest BCUT2D eigenvalue weighted by Gasteiger charge is -2.26. The normalized spacial score (nSPS) is 19.9. The first kappa shape index (κ1) is 14.5. The number of carbonyl (C=O) groups is 1. The molecule has 0 aromatic carbocycles. The maximum Gasteiger partial charge on any atom is 0.236 e. The Morgan fingerprint density at radius 2 is 2.43 bits per heavy atom. The summed E-state index contributed by atoms with van der Waals surface area (Å²) in [5.74, 6) is 0.166. The molecule has 112 valence electrons. The molecule has 0 spiro atoms. The highest BCUT2D eigenvalue weighted by Gasteiger charge is 2.33. The van der Waals surface area contributed by atoms with Gasteiger partial charge in [0.1, 0.15) is 0 Å². The zero-order valence-electron chi connectivity index (χ0n) is 12.0. The number of hydrogen-bond donors (Lipinski definition) is 0. The summed E-state index contributed by atoms with van der Waals surface area (Å²) in [4.78, 5) is 16.0. The van der Waals surface area contributed by atoms with E-state index < -0.39 is 0 Å². The fraction of sp³-hybridized carbons (Fsp3) is 0.538. The van der Waals surface area contributed by atoms with Crippen molar-refractivity contribution in [1.29, 1.82) is 0 Å². The molecule has 2 aromatic rings. The van der Waals surface area contributed by atoms with Crippen LogP contribution >= 0.6 is 23.1 Å². The summed E-state index contributed by atoms with van der Waals surface area (Å²) in [7, 11) is 1.78. The molecule has 8 heteroatoms. The molecule has 1 aliphatic heterocycles. The summed E-state index contributed by atoms with van der Waals surface area (Å²) in [6, 6.07) is 4.40. The quantitative estimate of drug-likeness (QED) is 0.807. The number of amides is 1. The van der Waals surface area contributed by atoms with Gasteiger partial charge in [0.25, 0.3) is 0 Å². The van der Waals surface area contributed by atoms with E-state index >= 15 is 0 Å². The van der Waals surface area contributed by atoms with E-state index in [1.807, 2.05) is 17.9 Å². The fourth-order valence-electron chi connectivity index (χ4n) is 2.57. The van der Waals surface area contributed by atoms with Crippen LogP contribution in [0.5, 0.6) is 0 Å². The number of carbonyl (C=O) groups excluding carboxylic acids is 1. The molecule has 1 saturated heterocycles. The van der Waals surface area contributed by atoms with Crippen molar-refractivity contribution >= 4 is 29.0 Å². The van der Waals surface area contributed by atoms with Crippen molar-refractivity contribution in [2.45, 2.75) is 36.2 Å². The number of thioether (sulfide) groups is 1. The van der Waals surface area contributed by atoms with Gasteiger partial charge in [-0.1, -0.05) is 17.8 Å². The maximum absolute atomic E-state index is 12.7. The molecular formula is C13H17N5OS2. The third-order valence-corrected chi connectivity index (χ3v) is 5.70. The molecule has 0 N–H and O–H groups in total. The number of hydrogen-bond acceptors (Lipinski definition) is 6. The van der Waals surface area contributed by atoms with Crippen molar-refractivity contribution < 1.29 is 4.79 Å². The van der Waals surface area contributed by atoms with Gasteiger partial charge >= 0.3 is 0 Å². The van der Waals surface area contributed by atoms with Crippen LogP contribution in [0.4, 0.5) is 0 Å². The molecule has 0 bridgehead atoms. The Bertz CT molecular complexity index is 612. The van der Waals surface area contributed by atoms with Crippen LogP contribution in [0.3, 0.4) is 0 Å². The number of likely N-dealkylation sites (tertiary alicyclic amines) is 1. The van der Waals surface area contributed by atoms with Crippen LogP contribution in [-0.2, 0) is 11.8 Å². The number of nitrogens with zero attached hydrogens (tertiary/aromatic N) is 5. The van der Waals surface area contributed by atoms with E-state index in [4.69, 9.17) is 0 Å². The standard InChI is InChI=1S/C13H17N5OS2/c1-9(21-13-14-15-16-17(13)2)12(19)18-7-3-5-10(18)11-6-4-8-20-11/h4,6,8-10H,3,5,7H2,1-2H3/t9-,10+/m1/s1.